The number of nitrogens with one attached hydrogen (secondary N) is 1. The number of amides is 3. The monoisotopic (exact) mass is 456 g/mol. The summed E-state index contributed by atoms with van der Waals surface area (Å²) in [7, 11) is 0. The number of anilines is 2. The Bertz CT molecular complexity index is 1360. The second-order valence-corrected chi connectivity index (χ2v) is 8.44. The van der Waals surface area contributed by atoms with Crippen molar-refractivity contribution in [3.05, 3.63) is 93.5 Å². The van der Waals surface area contributed by atoms with Crippen LogP contribution in [0.5, 0.6) is 0 Å². The van der Waals surface area contributed by atoms with Crippen LogP contribution in [-0.2, 0) is 9.53 Å². The topological polar surface area (TPSA) is 92.8 Å². The minimum Gasteiger partial charge on any atom is -0.452 e. The van der Waals surface area contributed by atoms with E-state index >= 15 is 0 Å². The molecule has 34 heavy (non-hydrogen) atoms. The lowest BCUT2D eigenvalue weighted by molar-refractivity contribution is -0.119. The van der Waals surface area contributed by atoms with E-state index in [0.717, 1.165) is 27.2 Å². The van der Waals surface area contributed by atoms with Crippen LogP contribution in [0.4, 0.5) is 11.4 Å². The van der Waals surface area contributed by atoms with Crippen LogP contribution in [0.2, 0.25) is 0 Å². The predicted octanol–water partition coefficient (Wildman–Crippen LogP) is 4.52. The number of fused-ring (bicyclic) bond motifs is 1. The first-order valence-corrected chi connectivity index (χ1v) is 10.8. The van der Waals surface area contributed by atoms with Crippen LogP contribution in [0.1, 0.15) is 53.3 Å². The molecule has 1 aliphatic heterocycles. The Morgan fingerprint density at radius 1 is 0.794 bits per heavy atom. The second-order valence-electron chi connectivity index (χ2n) is 8.44. The second kappa shape index (κ2) is 8.94. The SMILES string of the molecule is Cc1ccc(N2C(=O)c3ccc(C(=O)OCC(=O)Nc4cc(C)ccc4C)cc3C2=O)c(C)c1. The number of rotatable bonds is 5. The number of ether oxygens (including phenoxy) is 1. The van der Waals surface area contributed by atoms with E-state index in [0.29, 0.717) is 11.4 Å². The molecule has 7 heteroatoms. The maximum Gasteiger partial charge on any atom is 0.338 e. The molecule has 0 spiro atoms. The first-order valence-electron chi connectivity index (χ1n) is 10.8. The van der Waals surface area contributed by atoms with E-state index in [1.54, 1.807) is 6.07 Å². The summed E-state index contributed by atoms with van der Waals surface area (Å²) in [5, 5.41) is 2.72. The third-order valence-electron chi connectivity index (χ3n) is 5.72. The summed E-state index contributed by atoms with van der Waals surface area (Å²) in [6.45, 7) is 7.06. The number of benzene rings is 3. The zero-order valence-electron chi connectivity index (χ0n) is 19.4. The molecule has 0 bridgehead atoms. The normalized spacial score (nSPS) is 12.5. The number of carbonyl (C=O) groups is 4. The molecule has 172 valence electrons. The molecule has 3 aromatic carbocycles. The molecule has 0 radical (unpaired) electrons. The average Bonchev–Trinajstić information content (AvgIpc) is 3.04. The van der Waals surface area contributed by atoms with Gasteiger partial charge in [0.05, 0.1) is 22.4 Å². The Hall–Kier alpha value is -4.26. The van der Waals surface area contributed by atoms with Gasteiger partial charge in [0.15, 0.2) is 6.61 Å². The molecule has 0 fully saturated rings. The lowest BCUT2D eigenvalue weighted by Crippen LogP contribution is -2.30. The third-order valence-corrected chi connectivity index (χ3v) is 5.72. The Morgan fingerprint density at radius 3 is 2.21 bits per heavy atom. The Kier molecular flexibility index (Phi) is 6.03. The molecule has 3 aromatic rings. The number of esters is 1. The highest BCUT2D eigenvalue weighted by Gasteiger charge is 2.37. The molecule has 0 aliphatic carbocycles. The fourth-order valence-electron chi connectivity index (χ4n) is 3.91. The van der Waals surface area contributed by atoms with E-state index < -0.39 is 30.3 Å². The minimum atomic E-state index is -0.760. The molecule has 1 aliphatic rings. The largest absolute Gasteiger partial charge is 0.452 e. The third kappa shape index (κ3) is 4.32. The minimum absolute atomic E-state index is 0.0851. The van der Waals surface area contributed by atoms with Crippen molar-refractivity contribution >= 4 is 35.1 Å². The molecule has 0 saturated heterocycles. The molecule has 7 nitrogen and oxygen atoms in total. The Labute approximate surface area is 197 Å². The predicted molar refractivity (Wildman–Crippen MR) is 128 cm³/mol. The smallest absolute Gasteiger partial charge is 0.338 e. The van der Waals surface area contributed by atoms with Crippen molar-refractivity contribution in [3.8, 4) is 0 Å². The van der Waals surface area contributed by atoms with Crippen molar-refractivity contribution in [2.75, 3.05) is 16.8 Å². The van der Waals surface area contributed by atoms with Gasteiger partial charge in [0.2, 0.25) is 0 Å². The van der Waals surface area contributed by atoms with E-state index in [2.05, 4.69) is 5.32 Å². The highest BCUT2D eigenvalue weighted by atomic mass is 16.5. The molecule has 1 heterocycles. The summed E-state index contributed by atoms with van der Waals surface area (Å²) in [6.07, 6.45) is 0. The number of imide groups is 1. The van der Waals surface area contributed by atoms with Crippen molar-refractivity contribution in [1.29, 1.82) is 0 Å². The molecule has 0 unspecified atom stereocenters. The zero-order chi connectivity index (χ0) is 24.6. The quantitative estimate of drug-likeness (QED) is 0.450. The van der Waals surface area contributed by atoms with Gasteiger partial charge in [-0.2, -0.15) is 0 Å². The van der Waals surface area contributed by atoms with Crippen molar-refractivity contribution < 1.29 is 23.9 Å². The van der Waals surface area contributed by atoms with E-state index in [1.807, 2.05) is 58.0 Å². The molecular weight excluding hydrogens is 432 g/mol. The summed E-state index contributed by atoms with van der Waals surface area (Å²) < 4.78 is 5.14. The van der Waals surface area contributed by atoms with Gasteiger partial charge in [-0.3, -0.25) is 14.4 Å². The number of hydrogen-bond donors (Lipinski definition) is 1. The van der Waals surface area contributed by atoms with Gasteiger partial charge in [0, 0.05) is 5.69 Å². The maximum atomic E-state index is 13.0. The van der Waals surface area contributed by atoms with Crippen molar-refractivity contribution in [3.63, 3.8) is 0 Å². The van der Waals surface area contributed by atoms with Crippen molar-refractivity contribution in [1.82, 2.24) is 0 Å². The van der Waals surface area contributed by atoms with Crippen LogP contribution in [0.3, 0.4) is 0 Å². The van der Waals surface area contributed by atoms with E-state index in [9.17, 15) is 19.2 Å². The summed E-state index contributed by atoms with van der Waals surface area (Å²) in [5.74, 6) is -2.19. The molecule has 1 N–H and O–H groups in total. The number of aryl methyl sites for hydroxylation is 4. The van der Waals surface area contributed by atoms with Crippen LogP contribution in [-0.4, -0.2) is 30.3 Å². The summed E-state index contributed by atoms with van der Waals surface area (Å²) in [4.78, 5) is 51.9. The van der Waals surface area contributed by atoms with Gasteiger partial charge in [-0.05, 0) is 74.7 Å². The van der Waals surface area contributed by atoms with Gasteiger partial charge in [0.25, 0.3) is 17.7 Å². The molecule has 0 atom stereocenters. The molecule has 3 amide bonds. The molecule has 0 saturated carbocycles. The lowest BCUT2D eigenvalue weighted by Gasteiger charge is -2.16. The van der Waals surface area contributed by atoms with Gasteiger partial charge in [-0.15, -0.1) is 0 Å². The number of hydrogen-bond acceptors (Lipinski definition) is 5. The van der Waals surface area contributed by atoms with Gasteiger partial charge in [-0.1, -0.05) is 29.8 Å². The van der Waals surface area contributed by atoms with Gasteiger partial charge < -0.3 is 10.1 Å². The van der Waals surface area contributed by atoms with E-state index in [1.165, 1.54) is 18.2 Å². The maximum absolute atomic E-state index is 13.0. The summed E-state index contributed by atoms with van der Waals surface area (Å²) in [5.41, 5.74) is 5.27. The van der Waals surface area contributed by atoms with Gasteiger partial charge >= 0.3 is 5.97 Å². The number of nitrogens with zero attached hydrogens (tertiary/aromatic N) is 1. The van der Waals surface area contributed by atoms with Crippen LogP contribution in [0.15, 0.2) is 54.6 Å². The lowest BCUT2D eigenvalue weighted by atomic mass is 10.1. The zero-order valence-corrected chi connectivity index (χ0v) is 19.4. The van der Waals surface area contributed by atoms with Gasteiger partial charge in [-0.25, -0.2) is 9.69 Å². The molecule has 4 rings (SSSR count). The summed E-state index contributed by atoms with van der Waals surface area (Å²) >= 11 is 0. The fraction of sp³-hybridized carbons (Fsp3) is 0.185. The van der Waals surface area contributed by atoms with Crippen LogP contribution in [0.25, 0.3) is 0 Å². The van der Waals surface area contributed by atoms with Crippen molar-refractivity contribution in [2.24, 2.45) is 0 Å². The Balaban J connectivity index is 1.47. The van der Waals surface area contributed by atoms with Crippen LogP contribution in [0, 0.1) is 27.7 Å². The highest BCUT2D eigenvalue weighted by molar-refractivity contribution is 6.35. The highest BCUT2D eigenvalue weighted by Crippen LogP contribution is 2.31. The van der Waals surface area contributed by atoms with E-state index in [-0.39, 0.29) is 16.7 Å². The summed E-state index contributed by atoms with van der Waals surface area (Å²) in [6, 6.07) is 15.3. The van der Waals surface area contributed by atoms with Crippen molar-refractivity contribution in [2.45, 2.75) is 27.7 Å². The van der Waals surface area contributed by atoms with Crippen LogP contribution < -0.4 is 10.2 Å². The molecule has 0 aromatic heterocycles. The van der Waals surface area contributed by atoms with Crippen LogP contribution >= 0.6 is 0 Å². The van der Waals surface area contributed by atoms with Gasteiger partial charge in [0.1, 0.15) is 0 Å². The standard InChI is InChI=1S/C27H24N2O5/c1-15-6-10-23(18(4)11-15)29-25(31)20-9-8-19(13-21(20)26(29)32)27(33)34-14-24(30)28-22-12-16(2)5-7-17(22)3/h5-13H,14H2,1-4H3,(H,28,30). The number of carbonyl (C=O) groups excluding carboxylic acids is 4. The molecular formula is C27H24N2O5. The van der Waals surface area contributed by atoms with E-state index in [4.69, 9.17) is 4.74 Å². The Morgan fingerprint density at radius 2 is 1.47 bits per heavy atom. The fourth-order valence-corrected chi connectivity index (χ4v) is 3.91. The average molecular weight is 456 g/mol. The first-order chi connectivity index (χ1) is 16.2. The first kappa shape index (κ1) is 22.9.